The van der Waals surface area contributed by atoms with E-state index in [4.69, 9.17) is 0 Å². The molecular weight excluding hydrogens is 404 g/mol. The summed E-state index contributed by atoms with van der Waals surface area (Å²) in [6, 6.07) is 9.60. The SMILES string of the molecule is Cn1cccc1C(=O)N1C[C@@H](c2ccnn2C)[C@@]2(CCCN(Cc3ccncc3)C2=O)C1. The maximum atomic E-state index is 14.0. The number of likely N-dealkylation sites (tertiary alicyclic amines) is 2. The Labute approximate surface area is 187 Å². The van der Waals surface area contributed by atoms with Gasteiger partial charge in [-0.15, -0.1) is 0 Å². The molecule has 3 aromatic rings. The van der Waals surface area contributed by atoms with Crippen LogP contribution in [0.4, 0.5) is 0 Å². The number of piperidine rings is 1. The molecule has 1 spiro atoms. The smallest absolute Gasteiger partial charge is 0.270 e. The molecule has 8 nitrogen and oxygen atoms in total. The van der Waals surface area contributed by atoms with Crippen molar-refractivity contribution >= 4 is 11.8 Å². The Balaban J connectivity index is 1.50. The number of rotatable bonds is 4. The molecule has 2 aliphatic heterocycles. The van der Waals surface area contributed by atoms with Gasteiger partial charge in [-0.1, -0.05) is 0 Å². The zero-order valence-electron chi connectivity index (χ0n) is 18.5. The van der Waals surface area contributed by atoms with Gasteiger partial charge in [0.25, 0.3) is 5.91 Å². The summed E-state index contributed by atoms with van der Waals surface area (Å²) >= 11 is 0. The van der Waals surface area contributed by atoms with E-state index in [1.54, 1.807) is 18.6 Å². The van der Waals surface area contributed by atoms with Gasteiger partial charge in [-0.05, 0) is 48.7 Å². The molecule has 3 aromatic heterocycles. The van der Waals surface area contributed by atoms with Gasteiger partial charge in [0.1, 0.15) is 5.69 Å². The van der Waals surface area contributed by atoms with Gasteiger partial charge < -0.3 is 14.4 Å². The van der Waals surface area contributed by atoms with Crippen LogP contribution < -0.4 is 0 Å². The van der Waals surface area contributed by atoms with E-state index >= 15 is 0 Å². The maximum Gasteiger partial charge on any atom is 0.270 e. The van der Waals surface area contributed by atoms with Crippen molar-refractivity contribution in [3.05, 3.63) is 72.1 Å². The molecule has 0 radical (unpaired) electrons. The highest BCUT2D eigenvalue weighted by Gasteiger charge is 2.57. The Morgan fingerprint density at radius 2 is 1.97 bits per heavy atom. The number of amides is 2. The highest BCUT2D eigenvalue weighted by Crippen LogP contribution is 2.49. The summed E-state index contributed by atoms with van der Waals surface area (Å²) in [5.74, 6) is 0.0153. The van der Waals surface area contributed by atoms with Crippen molar-refractivity contribution in [1.82, 2.24) is 29.1 Å². The molecule has 32 heavy (non-hydrogen) atoms. The number of pyridine rings is 1. The van der Waals surface area contributed by atoms with E-state index < -0.39 is 5.41 Å². The second-order valence-corrected chi connectivity index (χ2v) is 8.96. The number of aromatic nitrogens is 4. The first-order valence-electron chi connectivity index (χ1n) is 11.1. The molecular formula is C24H28N6O2. The molecule has 2 aliphatic rings. The molecule has 0 saturated carbocycles. The van der Waals surface area contributed by atoms with Crippen LogP contribution in [-0.2, 0) is 25.4 Å². The summed E-state index contributed by atoms with van der Waals surface area (Å²) in [7, 11) is 3.78. The standard InChI is InChI=1S/C24H28N6O2/c1-27-13-3-5-21(27)22(31)30-16-19(20-8-12-26-28(20)2)24(17-30)9-4-14-29(23(24)32)15-18-6-10-25-11-7-18/h3,5-8,10-13,19H,4,9,14-17H2,1-2H3/t19-,24+/m0/s1. The average Bonchev–Trinajstić information content (AvgIpc) is 3.51. The van der Waals surface area contributed by atoms with Crippen molar-refractivity contribution in [2.45, 2.75) is 25.3 Å². The van der Waals surface area contributed by atoms with Crippen LogP contribution in [0, 0.1) is 5.41 Å². The van der Waals surface area contributed by atoms with Crippen molar-refractivity contribution in [1.29, 1.82) is 0 Å². The monoisotopic (exact) mass is 432 g/mol. The van der Waals surface area contributed by atoms with Gasteiger partial charge in [0, 0.05) is 76.7 Å². The summed E-state index contributed by atoms with van der Waals surface area (Å²) in [6.07, 6.45) is 8.84. The highest BCUT2D eigenvalue weighted by atomic mass is 16.2. The normalized spacial score (nSPS) is 23.3. The first-order valence-corrected chi connectivity index (χ1v) is 11.1. The number of aryl methyl sites for hydroxylation is 2. The molecule has 2 fully saturated rings. The average molecular weight is 433 g/mol. The lowest BCUT2D eigenvalue weighted by atomic mass is 9.70. The number of nitrogens with zero attached hydrogens (tertiary/aromatic N) is 6. The lowest BCUT2D eigenvalue weighted by Gasteiger charge is -2.42. The predicted molar refractivity (Wildman–Crippen MR) is 119 cm³/mol. The molecule has 166 valence electrons. The minimum Gasteiger partial charge on any atom is -0.347 e. The van der Waals surface area contributed by atoms with Gasteiger partial charge in [-0.25, -0.2) is 0 Å². The quantitative estimate of drug-likeness (QED) is 0.633. The van der Waals surface area contributed by atoms with Crippen molar-refractivity contribution in [2.75, 3.05) is 19.6 Å². The Morgan fingerprint density at radius 1 is 1.16 bits per heavy atom. The van der Waals surface area contributed by atoms with Crippen LogP contribution in [0.1, 0.15) is 40.5 Å². The molecule has 0 N–H and O–H groups in total. The van der Waals surface area contributed by atoms with E-state index in [0.29, 0.717) is 25.3 Å². The highest BCUT2D eigenvalue weighted by molar-refractivity contribution is 5.94. The van der Waals surface area contributed by atoms with E-state index in [-0.39, 0.29) is 17.7 Å². The maximum absolute atomic E-state index is 14.0. The lowest BCUT2D eigenvalue weighted by molar-refractivity contribution is -0.147. The van der Waals surface area contributed by atoms with Crippen molar-refractivity contribution in [2.24, 2.45) is 19.5 Å². The minimum atomic E-state index is -0.639. The third-order valence-corrected chi connectivity index (χ3v) is 7.10. The predicted octanol–water partition coefficient (Wildman–Crippen LogP) is 2.20. The number of hydrogen-bond acceptors (Lipinski definition) is 4. The van der Waals surface area contributed by atoms with E-state index in [0.717, 1.165) is 30.6 Å². The summed E-state index contributed by atoms with van der Waals surface area (Å²) in [4.78, 5) is 35.3. The van der Waals surface area contributed by atoms with Gasteiger partial charge >= 0.3 is 0 Å². The van der Waals surface area contributed by atoms with E-state index in [2.05, 4.69) is 10.1 Å². The van der Waals surface area contributed by atoms with Crippen LogP contribution in [0.15, 0.2) is 55.1 Å². The van der Waals surface area contributed by atoms with E-state index in [1.165, 1.54) is 0 Å². The van der Waals surface area contributed by atoms with Gasteiger partial charge in [0.2, 0.25) is 5.91 Å². The first kappa shape index (κ1) is 20.5. The number of hydrogen-bond donors (Lipinski definition) is 0. The van der Waals surface area contributed by atoms with Crippen molar-refractivity contribution in [3.8, 4) is 0 Å². The minimum absolute atomic E-state index is 0.0272. The van der Waals surface area contributed by atoms with Crippen LogP contribution in [0.5, 0.6) is 0 Å². The second kappa shape index (κ2) is 7.93. The third-order valence-electron chi connectivity index (χ3n) is 7.10. The zero-order chi connectivity index (χ0) is 22.3. The fourth-order valence-corrected chi connectivity index (χ4v) is 5.45. The number of carbonyl (C=O) groups is 2. The van der Waals surface area contributed by atoms with Crippen molar-refractivity contribution in [3.63, 3.8) is 0 Å². The molecule has 0 bridgehead atoms. The van der Waals surface area contributed by atoms with Crippen LogP contribution in [0.3, 0.4) is 0 Å². The molecule has 0 aliphatic carbocycles. The summed E-state index contributed by atoms with van der Waals surface area (Å²) in [5.41, 5.74) is 2.08. The first-order chi connectivity index (χ1) is 15.5. The van der Waals surface area contributed by atoms with Crippen LogP contribution in [0.2, 0.25) is 0 Å². The Kier molecular flexibility index (Phi) is 5.07. The molecule has 0 unspecified atom stereocenters. The van der Waals surface area contributed by atoms with Gasteiger partial charge in [0.15, 0.2) is 0 Å². The Morgan fingerprint density at radius 3 is 2.66 bits per heavy atom. The topological polar surface area (TPSA) is 76.3 Å². The Hall–Kier alpha value is -3.42. The van der Waals surface area contributed by atoms with Crippen LogP contribution >= 0.6 is 0 Å². The molecule has 0 aromatic carbocycles. The molecule has 5 heterocycles. The molecule has 5 rings (SSSR count). The zero-order valence-corrected chi connectivity index (χ0v) is 18.5. The third kappa shape index (κ3) is 3.30. The number of carbonyl (C=O) groups excluding carboxylic acids is 2. The molecule has 2 amide bonds. The van der Waals surface area contributed by atoms with Crippen LogP contribution in [0.25, 0.3) is 0 Å². The largest absolute Gasteiger partial charge is 0.347 e. The fourth-order valence-electron chi connectivity index (χ4n) is 5.45. The summed E-state index contributed by atoms with van der Waals surface area (Å²) in [5, 5.41) is 4.36. The van der Waals surface area contributed by atoms with Gasteiger partial charge in [0.05, 0.1) is 5.41 Å². The van der Waals surface area contributed by atoms with Gasteiger partial charge in [-0.2, -0.15) is 5.10 Å². The fraction of sp³-hybridized carbons (Fsp3) is 0.417. The molecule has 8 heteroatoms. The van der Waals surface area contributed by atoms with Gasteiger partial charge in [-0.3, -0.25) is 19.3 Å². The Bertz CT molecular complexity index is 1140. The second-order valence-electron chi connectivity index (χ2n) is 8.96. The summed E-state index contributed by atoms with van der Waals surface area (Å²) < 4.78 is 3.68. The molecule has 2 atom stereocenters. The van der Waals surface area contributed by atoms with Crippen molar-refractivity contribution < 1.29 is 9.59 Å². The van der Waals surface area contributed by atoms with E-state index in [1.807, 2.05) is 69.7 Å². The lowest BCUT2D eigenvalue weighted by Crippen LogP contribution is -2.52. The van der Waals surface area contributed by atoms with E-state index in [9.17, 15) is 9.59 Å². The molecule has 2 saturated heterocycles. The van der Waals surface area contributed by atoms with Crippen LogP contribution in [-0.4, -0.2) is 60.6 Å². The summed E-state index contributed by atoms with van der Waals surface area (Å²) in [6.45, 7) is 2.23.